The Bertz CT molecular complexity index is 1010. The van der Waals surface area contributed by atoms with Crippen molar-refractivity contribution in [2.45, 2.75) is 55.8 Å². The number of rotatable bonds is 4. The van der Waals surface area contributed by atoms with Gasteiger partial charge in [0.15, 0.2) is 0 Å². The molecule has 1 aliphatic rings. The molecule has 0 saturated carbocycles. The molecule has 2 aromatic carbocycles. The van der Waals surface area contributed by atoms with E-state index in [9.17, 15) is 4.79 Å². The van der Waals surface area contributed by atoms with Crippen molar-refractivity contribution >= 4 is 40.0 Å². The maximum atomic E-state index is 12.3. The maximum absolute atomic E-state index is 12.3. The standard InChI is InChI=1S/C24H28N2O2S2/c1-24(2,3)28-23(27)26-13-11-18(12-14-26)22-25-19(16-30-22)15-29-21-10-6-8-17-7-4-5-9-20(17)21/h4-10,16,18H,11-15H2,1-3H3. The molecule has 3 aromatic rings. The lowest BCUT2D eigenvalue weighted by Gasteiger charge is -2.32. The summed E-state index contributed by atoms with van der Waals surface area (Å²) >= 11 is 3.60. The van der Waals surface area contributed by atoms with Gasteiger partial charge >= 0.3 is 6.09 Å². The molecular weight excluding hydrogens is 412 g/mol. The fourth-order valence-electron chi connectivity index (χ4n) is 3.69. The lowest BCUT2D eigenvalue weighted by Crippen LogP contribution is -2.41. The summed E-state index contributed by atoms with van der Waals surface area (Å²) in [6.07, 6.45) is 1.69. The Hall–Kier alpha value is -2.05. The van der Waals surface area contributed by atoms with Crippen LogP contribution in [0, 0.1) is 0 Å². The van der Waals surface area contributed by atoms with Crippen molar-refractivity contribution in [2.75, 3.05) is 13.1 Å². The molecule has 0 bridgehead atoms. The van der Waals surface area contributed by atoms with Gasteiger partial charge in [-0.25, -0.2) is 9.78 Å². The van der Waals surface area contributed by atoms with E-state index in [1.807, 2.05) is 37.4 Å². The van der Waals surface area contributed by atoms with E-state index < -0.39 is 5.60 Å². The van der Waals surface area contributed by atoms with Crippen LogP contribution < -0.4 is 0 Å². The second-order valence-electron chi connectivity index (χ2n) is 8.68. The quantitative estimate of drug-likeness (QED) is 0.423. The second-order valence-corrected chi connectivity index (χ2v) is 10.6. The highest BCUT2D eigenvalue weighted by molar-refractivity contribution is 7.98. The van der Waals surface area contributed by atoms with Crippen LogP contribution in [0.15, 0.2) is 52.7 Å². The third-order valence-corrected chi connectivity index (χ3v) is 7.35. The molecule has 1 saturated heterocycles. The minimum absolute atomic E-state index is 0.202. The SMILES string of the molecule is CC(C)(C)OC(=O)N1CCC(c2nc(CSc3cccc4ccccc34)cs2)CC1. The fraction of sp³-hybridized carbons (Fsp3) is 0.417. The summed E-state index contributed by atoms with van der Waals surface area (Å²) < 4.78 is 5.50. The molecule has 1 aromatic heterocycles. The van der Waals surface area contributed by atoms with Crippen molar-refractivity contribution in [1.82, 2.24) is 9.88 Å². The van der Waals surface area contributed by atoms with Crippen molar-refractivity contribution in [3.63, 3.8) is 0 Å². The summed E-state index contributed by atoms with van der Waals surface area (Å²) in [7, 11) is 0. The van der Waals surface area contributed by atoms with Gasteiger partial charge in [0.1, 0.15) is 5.60 Å². The van der Waals surface area contributed by atoms with Crippen molar-refractivity contribution in [3.8, 4) is 0 Å². The Morgan fingerprint density at radius 2 is 1.90 bits per heavy atom. The molecule has 1 amide bonds. The van der Waals surface area contributed by atoms with E-state index in [2.05, 4.69) is 47.8 Å². The van der Waals surface area contributed by atoms with Crippen LogP contribution in [0.4, 0.5) is 4.79 Å². The van der Waals surface area contributed by atoms with Gasteiger partial charge in [0.25, 0.3) is 0 Å². The van der Waals surface area contributed by atoms with Gasteiger partial charge in [0.2, 0.25) is 0 Å². The topological polar surface area (TPSA) is 42.4 Å². The molecule has 0 aliphatic carbocycles. The Kier molecular flexibility index (Phi) is 6.34. The van der Waals surface area contributed by atoms with Gasteiger partial charge in [0, 0.05) is 35.0 Å². The van der Waals surface area contributed by atoms with Crippen LogP contribution in [0.5, 0.6) is 0 Å². The number of carbonyl (C=O) groups is 1. The number of piperidine rings is 1. The molecule has 0 atom stereocenters. The number of thiazole rings is 1. The number of aromatic nitrogens is 1. The van der Waals surface area contributed by atoms with E-state index in [4.69, 9.17) is 9.72 Å². The molecule has 1 aliphatic heterocycles. The molecule has 158 valence electrons. The lowest BCUT2D eigenvalue weighted by molar-refractivity contribution is 0.0205. The maximum Gasteiger partial charge on any atom is 0.410 e. The zero-order chi connectivity index (χ0) is 21.1. The molecule has 0 unspecified atom stereocenters. The molecule has 2 heterocycles. The number of carbonyl (C=O) groups excluding carboxylic acids is 1. The number of fused-ring (bicyclic) bond motifs is 1. The average Bonchev–Trinajstić information content (AvgIpc) is 3.20. The van der Waals surface area contributed by atoms with Crippen molar-refractivity contribution in [3.05, 3.63) is 58.5 Å². The van der Waals surface area contributed by atoms with Gasteiger partial charge in [-0.15, -0.1) is 23.1 Å². The van der Waals surface area contributed by atoms with Gasteiger partial charge in [-0.1, -0.05) is 36.4 Å². The number of hydrogen-bond donors (Lipinski definition) is 0. The van der Waals surface area contributed by atoms with Crippen LogP contribution in [0.2, 0.25) is 0 Å². The number of nitrogens with zero attached hydrogens (tertiary/aromatic N) is 2. The third kappa shape index (κ3) is 5.16. The first-order chi connectivity index (χ1) is 14.4. The normalized spacial score (nSPS) is 15.5. The highest BCUT2D eigenvalue weighted by Gasteiger charge is 2.28. The first-order valence-electron chi connectivity index (χ1n) is 10.4. The zero-order valence-corrected chi connectivity index (χ0v) is 19.4. The molecule has 4 rings (SSSR count). The molecule has 30 heavy (non-hydrogen) atoms. The van der Waals surface area contributed by atoms with Crippen LogP contribution in [-0.2, 0) is 10.5 Å². The second kappa shape index (κ2) is 8.98. The average molecular weight is 441 g/mol. The van der Waals surface area contributed by atoms with E-state index in [1.54, 1.807) is 11.3 Å². The summed E-state index contributed by atoms with van der Waals surface area (Å²) in [5, 5.41) is 5.97. The predicted octanol–water partition coefficient (Wildman–Crippen LogP) is 6.70. The summed E-state index contributed by atoms with van der Waals surface area (Å²) in [6.45, 7) is 7.19. The molecular formula is C24H28N2O2S2. The Labute approximate surface area is 186 Å². The number of thioether (sulfide) groups is 1. The predicted molar refractivity (Wildman–Crippen MR) is 125 cm³/mol. The molecule has 0 N–H and O–H groups in total. The highest BCUT2D eigenvalue weighted by Crippen LogP contribution is 2.34. The van der Waals surface area contributed by atoms with E-state index >= 15 is 0 Å². The third-order valence-electron chi connectivity index (χ3n) is 5.19. The molecule has 0 spiro atoms. The van der Waals surface area contributed by atoms with Crippen molar-refractivity contribution < 1.29 is 9.53 Å². The number of benzene rings is 2. The fourth-order valence-corrected chi connectivity index (χ4v) is 5.75. The van der Waals surface area contributed by atoms with E-state index in [0.717, 1.165) is 37.4 Å². The largest absolute Gasteiger partial charge is 0.444 e. The minimum Gasteiger partial charge on any atom is -0.444 e. The summed E-state index contributed by atoms with van der Waals surface area (Å²) in [5.41, 5.74) is 0.697. The number of likely N-dealkylation sites (tertiary alicyclic amines) is 1. The Morgan fingerprint density at radius 1 is 1.17 bits per heavy atom. The van der Waals surface area contributed by atoms with Crippen molar-refractivity contribution in [2.24, 2.45) is 0 Å². The van der Waals surface area contributed by atoms with Gasteiger partial charge in [0.05, 0.1) is 10.7 Å². The molecule has 1 fully saturated rings. The van der Waals surface area contributed by atoms with E-state index in [1.165, 1.54) is 20.7 Å². The van der Waals surface area contributed by atoms with Crippen molar-refractivity contribution in [1.29, 1.82) is 0 Å². The van der Waals surface area contributed by atoms with Gasteiger partial charge < -0.3 is 9.64 Å². The van der Waals surface area contributed by atoms with Gasteiger partial charge in [-0.3, -0.25) is 0 Å². The smallest absolute Gasteiger partial charge is 0.410 e. The number of hydrogen-bond acceptors (Lipinski definition) is 5. The first kappa shape index (κ1) is 21.2. The van der Waals surface area contributed by atoms with Crippen LogP contribution in [-0.4, -0.2) is 34.7 Å². The number of ether oxygens (including phenoxy) is 1. The summed E-state index contributed by atoms with van der Waals surface area (Å²) in [4.78, 5) is 20.3. The van der Waals surface area contributed by atoms with E-state index in [-0.39, 0.29) is 6.09 Å². The van der Waals surface area contributed by atoms with E-state index in [0.29, 0.717) is 5.92 Å². The molecule has 4 nitrogen and oxygen atoms in total. The minimum atomic E-state index is -0.445. The zero-order valence-electron chi connectivity index (χ0n) is 17.8. The lowest BCUT2D eigenvalue weighted by atomic mass is 9.98. The van der Waals surface area contributed by atoms with Crippen LogP contribution in [0.25, 0.3) is 10.8 Å². The summed E-state index contributed by atoms with van der Waals surface area (Å²) in [5.74, 6) is 1.31. The van der Waals surface area contributed by atoms with Crippen LogP contribution in [0.1, 0.15) is 50.2 Å². The summed E-state index contributed by atoms with van der Waals surface area (Å²) in [6, 6.07) is 15.0. The monoisotopic (exact) mass is 440 g/mol. The van der Waals surface area contributed by atoms with Gasteiger partial charge in [-0.05, 0) is 50.5 Å². The van der Waals surface area contributed by atoms with Crippen LogP contribution >= 0.6 is 23.1 Å². The first-order valence-corrected chi connectivity index (χ1v) is 12.3. The highest BCUT2D eigenvalue weighted by atomic mass is 32.2. The Balaban J connectivity index is 1.33. The molecule has 0 radical (unpaired) electrons. The molecule has 6 heteroatoms. The Morgan fingerprint density at radius 3 is 2.67 bits per heavy atom. The van der Waals surface area contributed by atoms with Gasteiger partial charge in [-0.2, -0.15) is 0 Å². The number of amides is 1. The van der Waals surface area contributed by atoms with Crippen LogP contribution in [0.3, 0.4) is 0 Å².